The van der Waals surface area contributed by atoms with Crippen molar-refractivity contribution < 1.29 is 14.6 Å². The predicted octanol–water partition coefficient (Wildman–Crippen LogP) is 0.113. The molecule has 0 aromatic carbocycles. The summed E-state index contributed by atoms with van der Waals surface area (Å²) in [6, 6.07) is 0. The van der Waals surface area contributed by atoms with Gasteiger partial charge < -0.3 is 15.2 Å². The molecule has 60 valence electrons. The van der Waals surface area contributed by atoms with Crippen molar-refractivity contribution in [1.82, 2.24) is 5.32 Å². The summed E-state index contributed by atoms with van der Waals surface area (Å²) in [4.78, 5) is 10.4. The van der Waals surface area contributed by atoms with Crippen LogP contribution in [0.25, 0.3) is 0 Å². The average Bonchev–Trinajstić information content (AvgIpc) is 1.99. The SMILES string of the molecule is CCC(O)CNC(=O)OC. The molecule has 0 fully saturated rings. The largest absolute Gasteiger partial charge is 0.453 e. The molecule has 0 saturated carbocycles. The minimum absolute atomic E-state index is 0.253. The highest BCUT2D eigenvalue weighted by Gasteiger charge is 2.02. The van der Waals surface area contributed by atoms with Gasteiger partial charge in [-0.2, -0.15) is 0 Å². The summed E-state index contributed by atoms with van der Waals surface area (Å²) in [5, 5.41) is 11.3. The Hall–Kier alpha value is -0.770. The Bertz CT molecular complexity index is 105. The van der Waals surface area contributed by atoms with E-state index in [0.717, 1.165) is 0 Å². The van der Waals surface area contributed by atoms with Crippen LogP contribution in [0, 0.1) is 0 Å². The van der Waals surface area contributed by atoms with Crippen LogP contribution < -0.4 is 5.32 Å². The summed E-state index contributed by atoms with van der Waals surface area (Å²) >= 11 is 0. The lowest BCUT2D eigenvalue weighted by Gasteiger charge is -2.07. The first-order valence-corrected chi connectivity index (χ1v) is 3.20. The zero-order chi connectivity index (χ0) is 7.98. The smallest absolute Gasteiger partial charge is 0.406 e. The fourth-order valence-corrected chi connectivity index (χ4v) is 0.418. The number of carbonyl (C=O) groups excluding carboxylic acids is 1. The van der Waals surface area contributed by atoms with Gasteiger partial charge in [-0.05, 0) is 6.42 Å². The number of nitrogens with one attached hydrogen (secondary N) is 1. The topological polar surface area (TPSA) is 58.6 Å². The second-order valence-electron chi connectivity index (χ2n) is 1.93. The molecule has 1 amide bonds. The van der Waals surface area contributed by atoms with Crippen molar-refractivity contribution in [3.8, 4) is 0 Å². The summed E-state index contributed by atoms with van der Waals surface area (Å²) in [6.07, 6.45) is -0.351. The monoisotopic (exact) mass is 147 g/mol. The number of methoxy groups -OCH3 is 1. The third-order valence-corrected chi connectivity index (χ3v) is 1.14. The van der Waals surface area contributed by atoms with Crippen LogP contribution in [-0.4, -0.2) is 31.0 Å². The first-order valence-electron chi connectivity index (χ1n) is 3.20. The Morgan fingerprint density at radius 3 is 2.80 bits per heavy atom. The Balaban J connectivity index is 3.26. The van der Waals surface area contributed by atoms with E-state index in [0.29, 0.717) is 6.42 Å². The molecule has 0 aliphatic heterocycles. The van der Waals surface area contributed by atoms with Crippen molar-refractivity contribution >= 4 is 6.09 Å². The number of rotatable bonds is 3. The molecule has 0 rings (SSSR count). The first kappa shape index (κ1) is 9.23. The Morgan fingerprint density at radius 1 is 1.80 bits per heavy atom. The molecular weight excluding hydrogens is 134 g/mol. The Kier molecular flexibility index (Phi) is 4.66. The number of aliphatic hydroxyl groups excluding tert-OH is 1. The maximum atomic E-state index is 10.4. The average molecular weight is 147 g/mol. The van der Waals surface area contributed by atoms with E-state index in [1.807, 2.05) is 6.92 Å². The molecule has 10 heavy (non-hydrogen) atoms. The number of alkyl carbamates (subject to hydrolysis) is 1. The van der Waals surface area contributed by atoms with Crippen LogP contribution in [0.1, 0.15) is 13.3 Å². The van der Waals surface area contributed by atoms with Gasteiger partial charge in [-0.1, -0.05) is 6.92 Å². The number of carbonyl (C=O) groups is 1. The van der Waals surface area contributed by atoms with Crippen LogP contribution in [0.3, 0.4) is 0 Å². The van der Waals surface area contributed by atoms with Gasteiger partial charge in [-0.3, -0.25) is 0 Å². The van der Waals surface area contributed by atoms with Crippen molar-refractivity contribution in [2.75, 3.05) is 13.7 Å². The van der Waals surface area contributed by atoms with E-state index in [2.05, 4.69) is 10.1 Å². The molecule has 0 spiro atoms. The van der Waals surface area contributed by atoms with Crippen LogP contribution in [0.4, 0.5) is 4.79 Å². The molecule has 0 heterocycles. The number of amides is 1. The maximum Gasteiger partial charge on any atom is 0.406 e. The lowest BCUT2D eigenvalue weighted by Crippen LogP contribution is -2.31. The highest BCUT2D eigenvalue weighted by molar-refractivity contribution is 5.66. The lowest BCUT2D eigenvalue weighted by molar-refractivity contribution is 0.144. The van der Waals surface area contributed by atoms with E-state index >= 15 is 0 Å². The molecule has 0 bridgehead atoms. The number of hydrogen-bond donors (Lipinski definition) is 2. The number of ether oxygens (including phenoxy) is 1. The van der Waals surface area contributed by atoms with Crippen molar-refractivity contribution in [3.63, 3.8) is 0 Å². The molecule has 1 unspecified atom stereocenters. The molecule has 0 radical (unpaired) electrons. The third kappa shape index (κ3) is 4.14. The van der Waals surface area contributed by atoms with Gasteiger partial charge >= 0.3 is 6.09 Å². The van der Waals surface area contributed by atoms with Crippen molar-refractivity contribution in [1.29, 1.82) is 0 Å². The first-order chi connectivity index (χ1) is 4.70. The van der Waals surface area contributed by atoms with Gasteiger partial charge in [0.25, 0.3) is 0 Å². The standard InChI is InChI=1S/C6H13NO3/c1-3-5(8)4-7-6(9)10-2/h5,8H,3-4H2,1-2H3,(H,7,9). The molecule has 0 aliphatic carbocycles. The summed E-state index contributed by atoms with van der Waals surface area (Å²) < 4.78 is 4.28. The lowest BCUT2D eigenvalue weighted by atomic mass is 10.3. The second-order valence-corrected chi connectivity index (χ2v) is 1.93. The normalized spacial score (nSPS) is 12.3. The minimum atomic E-state index is -0.507. The highest BCUT2D eigenvalue weighted by atomic mass is 16.5. The maximum absolute atomic E-state index is 10.4. The van der Waals surface area contributed by atoms with Gasteiger partial charge in [0, 0.05) is 6.54 Å². The minimum Gasteiger partial charge on any atom is -0.453 e. The fourth-order valence-electron chi connectivity index (χ4n) is 0.418. The second kappa shape index (κ2) is 5.05. The van der Waals surface area contributed by atoms with Gasteiger partial charge in [0.1, 0.15) is 0 Å². The summed E-state index contributed by atoms with van der Waals surface area (Å²) in [7, 11) is 1.29. The van der Waals surface area contributed by atoms with E-state index in [4.69, 9.17) is 5.11 Å². The molecular formula is C6H13NO3. The summed E-state index contributed by atoms with van der Waals surface area (Å²) in [5.74, 6) is 0. The fraction of sp³-hybridized carbons (Fsp3) is 0.833. The van der Waals surface area contributed by atoms with Gasteiger partial charge in [-0.25, -0.2) is 4.79 Å². The van der Waals surface area contributed by atoms with Gasteiger partial charge in [0.05, 0.1) is 13.2 Å². The zero-order valence-corrected chi connectivity index (χ0v) is 6.26. The molecule has 2 N–H and O–H groups in total. The molecule has 4 nitrogen and oxygen atoms in total. The van der Waals surface area contributed by atoms with Crippen molar-refractivity contribution in [2.45, 2.75) is 19.4 Å². The van der Waals surface area contributed by atoms with E-state index in [9.17, 15) is 4.79 Å². The summed E-state index contributed by atoms with van der Waals surface area (Å²) in [5.41, 5.74) is 0. The molecule has 1 atom stereocenters. The Morgan fingerprint density at radius 2 is 2.40 bits per heavy atom. The van der Waals surface area contributed by atoms with Crippen molar-refractivity contribution in [3.05, 3.63) is 0 Å². The van der Waals surface area contributed by atoms with Crippen LogP contribution in [0.5, 0.6) is 0 Å². The van der Waals surface area contributed by atoms with Crippen LogP contribution in [-0.2, 0) is 4.74 Å². The van der Waals surface area contributed by atoms with E-state index < -0.39 is 12.2 Å². The number of hydrogen-bond acceptors (Lipinski definition) is 3. The molecule has 0 saturated heterocycles. The molecule has 0 aromatic rings. The Labute approximate surface area is 60.2 Å². The number of aliphatic hydroxyl groups is 1. The van der Waals surface area contributed by atoms with E-state index in [-0.39, 0.29) is 6.54 Å². The molecule has 0 aliphatic rings. The van der Waals surface area contributed by atoms with Gasteiger partial charge in [-0.15, -0.1) is 0 Å². The summed E-state index contributed by atoms with van der Waals surface area (Å²) in [6.45, 7) is 2.09. The highest BCUT2D eigenvalue weighted by Crippen LogP contribution is 1.86. The van der Waals surface area contributed by atoms with Gasteiger partial charge in [0.2, 0.25) is 0 Å². The van der Waals surface area contributed by atoms with E-state index in [1.165, 1.54) is 7.11 Å². The van der Waals surface area contributed by atoms with Crippen molar-refractivity contribution in [2.24, 2.45) is 0 Å². The van der Waals surface area contributed by atoms with Gasteiger partial charge in [0.15, 0.2) is 0 Å². The quantitative estimate of drug-likeness (QED) is 0.595. The van der Waals surface area contributed by atoms with Crippen LogP contribution in [0.2, 0.25) is 0 Å². The third-order valence-electron chi connectivity index (χ3n) is 1.14. The zero-order valence-electron chi connectivity index (χ0n) is 6.26. The van der Waals surface area contributed by atoms with Crippen LogP contribution in [0.15, 0.2) is 0 Å². The van der Waals surface area contributed by atoms with Crippen LogP contribution >= 0.6 is 0 Å². The molecule has 0 aromatic heterocycles. The molecule has 4 heteroatoms. The predicted molar refractivity (Wildman–Crippen MR) is 36.7 cm³/mol. The van der Waals surface area contributed by atoms with E-state index in [1.54, 1.807) is 0 Å².